The number of hydrogen-bond acceptors (Lipinski definition) is 4. The zero-order valence-electron chi connectivity index (χ0n) is 13.2. The highest BCUT2D eigenvalue weighted by Crippen LogP contribution is 2.34. The quantitative estimate of drug-likeness (QED) is 0.720. The van der Waals surface area contributed by atoms with E-state index in [1.165, 1.54) is 7.11 Å². The first-order valence-electron chi connectivity index (χ1n) is 7.59. The van der Waals surface area contributed by atoms with E-state index in [2.05, 4.69) is 37.9 Å². The molecular weight excluding hydrogens is 240 g/mol. The molecule has 4 heteroatoms. The molecule has 4 nitrogen and oxygen atoms in total. The molecule has 0 bridgehead atoms. The molecule has 1 aliphatic rings. The Morgan fingerprint density at radius 3 is 2.63 bits per heavy atom. The highest BCUT2D eigenvalue weighted by atomic mass is 16.5. The van der Waals surface area contributed by atoms with Crippen LogP contribution in [0.1, 0.15) is 53.4 Å². The van der Waals surface area contributed by atoms with E-state index in [9.17, 15) is 4.79 Å². The molecule has 0 aromatic heterocycles. The van der Waals surface area contributed by atoms with Gasteiger partial charge in [-0.25, -0.2) is 0 Å². The first kappa shape index (κ1) is 16.4. The highest BCUT2D eigenvalue weighted by molar-refractivity contribution is 5.81. The molecule has 0 aromatic carbocycles. The number of hydrogen-bond donors (Lipinski definition) is 1. The van der Waals surface area contributed by atoms with Crippen LogP contribution in [-0.2, 0) is 9.53 Å². The van der Waals surface area contributed by atoms with Crippen molar-refractivity contribution in [3.05, 3.63) is 0 Å². The second kappa shape index (κ2) is 7.25. The van der Waals surface area contributed by atoms with Crippen molar-refractivity contribution in [2.75, 3.05) is 20.2 Å². The van der Waals surface area contributed by atoms with Crippen LogP contribution in [0.5, 0.6) is 0 Å². The van der Waals surface area contributed by atoms with Gasteiger partial charge in [-0.3, -0.25) is 10.1 Å². The molecule has 112 valence electrons. The van der Waals surface area contributed by atoms with Gasteiger partial charge in [0.2, 0.25) is 0 Å². The summed E-state index contributed by atoms with van der Waals surface area (Å²) < 4.78 is 5.04. The van der Waals surface area contributed by atoms with Crippen LogP contribution in [-0.4, -0.2) is 48.7 Å². The van der Waals surface area contributed by atoms with Crippen LogP contribution in [0, 0.1) is 0 Å². The molecule has 1 aliphatic carbocycles. The molecule has 0 radical (unpaired) electrons. The van der Waals surface area contributed by atoms with Gasteiger partial charge in [0, 0.05) is 12.1 Å². The Morgan fingerprint density at radius 1 is 1.47 bits per heavy atom. The van der Waals surface area contributed by atoms with E-state index in [4.69, 9.17) is 4.74 Å². The molecule has 0 spiro atoms. The summed E-state index contributed by atoms with van der Waals surface area (Å²) >= 11 is 0. The van der Waals surface area contributed by atoms with E-state index in [-0.39, 0.29) is 5.97 Å². The summed E-state index contributed by atoms with van der Waals surface area (Å²) in [6.07, 6.45) is 3.98. The van der Waals surface area contributed by atoms with Crippen LogP contribution in [0.15, 0.2) is 0 Å². The van der Waals surface area contributed by atoms with Crippen LogP contribution in [0.3, 0.4) is 0 Å². The van der Waals surface area contributed by atoms with E-state index >= 15 is 0 Å². The zero-order chi connectivity index (χ0) is 14.5. The lowest BCUT2D eigenvalue weighted by atomic mass is 9.96. The summed E-state index contributed by atoms with van der Waals surface area (Å²) in [6, 6.07) is 0.786. The number of carbonyl (C=O) groups excluding carboxylic acids is 1. The van der Waals surface area contributed by atoms with Crippen LogP contribution in [0.25, 0.3) is 0 Å². The second-order valence-corrected chi connectivity index (χ2v) is 5.90. The summed E-state index contributed by atoms with van der Waals surface area (Å²) in [7, 11) is 1.49. The van der Waals surface area contributed by atoms with Crippen LogP contribution >= 0.6 is 0 Å². The smallest absolute Gasteiger partial charge is 0.326 e. The van der Waals surface area contributed by atoms with Crippen LogP contribution in [0.4, 0.5) is 0 Å². The Morgan fingerprint density at radius 2 is 2.16 bits per heavy atom. The Bertz CT molecular complexity index is 294. The van der Waals surface area contributed by atoms with Crippen molar-refractivity contribution in [1.29, 1.82) is 0 Å². The Balaban J connectivity index is 2.78. The predicted octanol–water partition coefficient (Wildman–Crippen LogP) is 2.18. The number of rotatable bonds is 7. The summed E-state index contributed by atoms with van der Waals surface area (Å²) in [5, 5.41) is 3.46. The SMILES string of the molecule is CCCN(CC)C1CCC(NC(C)C)(C(=O)OC)C1. The molecule has 0 heterocycles. The summed E-state index contributed by atoms with van der Waals surface area (Å²) in [6.45, 7) is 10.7. The molecule has 0 amide bonds. The number of nitrogens with zero attached hydrogens (tertiary/aromatic N) is 1. The molecule has 1 fully saturated rings. The number of ether oxygens (including phenoxy) is 1. The number of methoxy groups -OCH3 is 1. The summed E-state index contributed by atoms with van der Waals surface area (Å²) in [5.41, 5.74) is -0.477. The average molecular weight is 270 g/mol. The molecule has 0 saturated heterocycles. The van der Waals surface area contributed by atoms with Crippen molar-refractivity contribution in [2.24, 2.45) is 0 Å². The van der Waals surface area contributed by atoms with E-state index in [0.717, 1.165) is 38.8 Å². The maximum atomic E-state index is 12.2. The van der Waals surface area contributed by atoms with Crippen LogP contribution < -0.4 is 5.32 Å². The Kier molecular flexibility index (Phi) is 6.27. The van der Waals surface area contributed by atoms with Gasteiger partial charge in [0.15, 0.2) is 0 Å². The topological polar surface area (TPSA) is 41.6 Å². The molecule has 2 atom stereocenters. The third-order valence-electron chi connectivity index (χ3n) is 4.06. The van der Waals surface area contributed by atoms with E-state index < -0.39 is 5.54 Å². The van der Waals surface area contributed by atoms with Gasteiger partial charge in [-0.2, -0.15) is 0 Å². The van der Waals surface area contributed by atoms with Gasteiger partial charge < -0.3 is 9.64 Å². The molecule has 0 aromatic rings. The maximum Gasteiger partial charge on any atom is 0.326 e. The van der Waals surface area contributed by atoms with Gasteiger partial charge in [0.05, 0.1) is 7.11 Å². The lowest BCUT2D eigenvalue weighted by molar-refractivity contribution is -0.149. The van der Waals surface area contributed by atoms with Crippen molar-refractivity contribution in [2.45, 2.75) is 71.0 Å². The van der Waals surface area contributed by atoms with Crippen molar-refractivity contribution in [3.63, 3.8) is 0 Å². The molecule has 1 saturated carbocycles. The molecule has 19 heavy (non-hydrogen) atoms. The van der Waals surface area contributed by atoms with Crippen molar-refractivity contribution < 1.29 is 9.53 Å². The lowest BCUT2D eigenvalue weighted by Crippen LogP contribution is -2.54. The number of carbonyl (C=O) groups is 1. The standard InChI is InChI=1S/C15H30N2O2/c1-6-10-17(7-2)13-8-9-15(11-13,14(18)19-5)16-12(3)4/h12-13,16H,6-11H2,1-5H3. The summed E-state index contributed by atoms with van der Waals surface area (Å²) in [5.74, 6) is -0.101. The second-order valence-electron chi connectivity index (χ2n) is 5.90. The van der Waals surface area contributed by atoms with Gasteiger partial charge >= 0.3 is 5.97 Å². The van der Waals surface area contributed by atoms with Gasteiger partial charge in [-0.15, -0.1) is 0 Å². The van der Waals surface area contributed by atoms with E-state index in [0.29, 0.717) is 12.1 Å². The third-order valence-corrected chi connectivity index (χ3v) is 4.06. The largest absolute Gasteiger partial charge is 0.468 e. The maximum absolute atomic E-state index is 12.2. The highest BCUT2D eigenvalue weighted by Gasteiger charge is 2.47. The van der Waals surface area contributed by atoms with E-state index in [1.807, 2.05) is 0 Å². The summed E-state index contributed by atoms with van der Waals surface area (Å²) in [4.78, 5) is 14.7. The molecular formula is C15H30N2O2. The van der Waals surface area contributed by atoms with Crippen molar-refractivity contribution in [1.82, 2.24) is 10.2 Å². The van der Waals surface area contributed by atoms with E-state index in [1.54, 1.807) is 0 Å². The first-order valence-corrected chi connectivity index (χ1v) is 7.59. The zero-order valence-corrected chi connectivity index (χ0v) is 13.2. The lowest BCUT2D eigenvalue weighted by Gasteiger charge is -2.32. The number of nitrogens with one attached hydrogen (secondary N) is 1. The normalized spacial score (nSPS) is 27.2. The average Bonchev–Trinajstić information content (AvgIpc) is 2.79. The monoisotopic (exact) mass is 270 g/mol. The van der Waals surface area contributed by atoms with Gasteiger partial charge in [-0.1, -0.05) is 13.8 Å². The third kappa shape index (κ3) is 3.93. The first-order chi connectivity index (χ1) is 8.99. The fraction of sp³-hybridized carbons (Fsp3) is 0.933. The minimum absolute atomic E-state index is 0.101. The Hall–Kier alpha value is -0.610. The molecule has 0 aliphatic heterocycles. The minimum atomic E-state index is -0.477. The van der Waals surface area contributed by atoms with Gasteiger partial charge in [-0.05, 0) is 52.6 Å². The minimum Gasteiger partial charge on any atom is -0.468 e. The van der Waals surface area contributed by atoms with Crippen molar-refractivity contribution >= 4 is 5.97 Å². The predicted molar refractivity (Wildman–Crippen MR) is 78.2 cm³/mol. The fourth-order valence-corrected chi connectivity index (χ4v) is 3.34. The molecule has 2 unspecified atom stereocenters. The fourth-order valence-electron chi connectivity index (χ4n) is 3.34. The molecule has 1 rings (SSSR count). The van der Waals surface area contributed by atoms with Gasteiger partial charge in [0.1, 0.15) is 5.54 Å². The van der Waals surface area contributed by atoms with Gasteiger partial charge in [0.25, 0.3) is 0 Å². The molecule has 1 N–H and O–H groups in total. The Labute approximate surface area is 117 Å². The van der Waals surface area contributed by atoms with Crippen molar-refractivity contribution in [3.8, 4) is 0 Å². The van der Waals surface area contributed by atoms with Crippen LogP contribution in [0.2, 0.25) is 0 Å². The number of esters is 1.